The highest BCUT2D eigenvalue weighted by Crippen LogP contribution is 2.33. The Morgan fingerprint density at radius 2 is 1.85 bits per heavy atom. The Labute approximate surface area is 121 Å². The monoisotopic (exact) mass is 282 g/mol. The first-order chi connectivity index (χ1) is 9.44. The fourth-order valence-electron chi connectivity index (χ4n) is 2.52. The van der Waals surface area contributed by atoms with Crippen molar-refractivity contribution < 1.29 is 9.13 Å². The Bertz CT molecular complexity index is 431. The zero-order valence-corrected chi connectivity index (χ0v) is 13.2. The molecule has 0 fully saturated rings. The van der Waals surface area contributed by atoms with Crippen molar-refractivity contribution in [2.24, 2.45) is 5.92 Å². The molecule has 1 aromatic carbocycles. The lowest BCUT2D eigenvalue weighted by Crippen LogP contribution is -2.38. The number of rotatable bonds is 7. The molecule has 1 rings (SSSR count). The van der Waals surface area contributed by atoms with Gasteiger partial charge in [-0.2, -0.15) is 0 Å². The molecule has 0 saturated carbocycles. The van der Waals surface area contributed by atoms with Crippen molar-refractivity contribution in [2.45, 2.75) is 46.6 Å². The van der Waals surface area contributed by atoms with Gasteiger partial charge < -0.3 is 15.4 Å². The zero-order chi connectivity index (χ0) is 15.3. The zero-order valence-electron chi connectivity index (χ0n) is 13.2. The summed E-state index contributed by atoms with van der Waals surface area (Å²) in [6.45, 7) is 9.36. The molecule has 0 unspecified atom stereocenters. The van der Waals surface area contributed by atoms with E-state index < -0.39 is 0 Å². The Hall–Kier alpha value is -1.45. The molecular weight excluding hydrogens is 255 g/mol. The number of methoxy groups -OCH3 is 1. The van der Waals surface area contributed by atoms with E-state index in [9.17, 15) is 4.39 Å². The molecule has 0 aliphatic heterocycles. The summed E-state index contributed by atoms with van der Waals surface area (Å²) in [5.41, 5.74) is 6.68. The van der Waals surface area contributed by atoms with Gasteiger partial charge in [-0.3, -0.25) is 0 Å². The molecule has 20 heavy (non-hydrogen) atoms. The van der Waals surface area contributed by atoms with Crippen LogP contribution in [0.5, 0.6) is 5.75 Å². The summed E-state index contributed by atoms with van der Waals surface area (Å²) >= 11 is 0. The summed E-state index contributed by atoms with van der Waals surface area (Å²) in [5, 5.41) is 0. The smallest absolute Gasteiger partial charge is 0.148 e. The highest BCUT2D eigenvalue weighted by atomic mass is 19.1. The molecule has 2 N–H and O–H groups in total. The Kier molecular flexibility index (Phi) is 6.11. The van der Waals surface area contributed by atoms with Crippen molar-refractivity contribution in [3.05, 3.63) is 17.9 Å². The first kappa shape index (κ1) is 16.6. The van der Waals surface area contributed by atoms with Crippen LogP contribution in [0.3, 0.4) is 0 Å². The highest BCUT2D eigenvalue weighted by molar-refractivity contribution is 5.63. The Morgan fingerprint density at radius 1 is 1.25 bits per heavy atom. The van der Waals surface area contributed by atoms with E-state index in [2.05, 4.69) is 32.6 Å². The molecule has 3 nitrogen and oxygen atoms in total. The van der Waals surface area contributed by atoms with E-state index in [0.717, 1.165) is 19.4 Å². The van der Waals surface area contributed by atoms with Gasteiger partial charge >= 0.3 is 0 Å². The minimum absolute atomic E-state index is 0.282. The SMILES string of the molecule is CCC(CC)N(CC(C)C)c1cc(OC)c(N)cc1F. The molecule has 0 heterocycles. The molecule has 0 amide bonds. The number of benzene rings is 1. The van der Waals surface area contributed by atoms with Gasteiger partial charge in [0.2, 0.25) is 0 Å². The van der Waals surface area contributed by atoms with E-state index in [1.54, 1.807) is 13.2 Å². The second kappa shape index (κ2) is 7.36. The van der Waals surface area contributed by atoms with Crippen LogP contribution in [-0.4, -0.2) is 19.7 Å². The molecular formula is C16H27FN2O. The van der Waals surface area contributed by atoms with Crippen LogP contribution in [0.15, 0.2) is 12.1 Å². The lowest BCUT2D eigenvalue weighted by molar-refractivity contribution is 0.415. The van der Waals surface area contributed by atoms with Crippen molar-refractivity contribution in [3.8, 4) is 5.75 Å². The maximum atomic E-state index is 14.3. The maximum absolute atomic E-state index is 14.3. The lowest BCUT2D eigenvalue weighted by atomic mass is 10.1. The molecule has 1 aromatic rings. The minimum atomic E-state index is -0.282. The van der Waals surface area contributed by atoms with Crippen LogP contribution < -0.4 is 15.4 Å². The number of anilines is 2. The van der Waals surface area contributed by atoms with Crippen molar-refractivity contribution in [1.82, 2.24) is 0 Å². The fourth-order valence-corrected chi connectivity index (χ4v) is 2.52. The summed E-state index contributed by atoms with van der Waals surface area (Å²) in [6.07, 6.45) is 1.96. The molecule has 0 bridgehead atoms. The third-order valence-corrected chi connectivity index (χ3v) is 3.55. The predicted molar refractivity (Wildman–Crippen MR) is 83.9 cm³/mol. The second-order valence-electron chi connectivity index (χ2n) is 5.56. The number of nitrogens with zero attached hydrogens (tertiary/aromatic N) is 1. The number of nitrogen functional groups attached to an aromatic ring is 1. The summed E-state index contributed by atoms with van der Waals surface area (Å²) < 4.78 is 19.5. The molecule has 4 heteroatoms. The molecule has 0 aliphatic carbocycles. The summed E-state index contributed by atoms with van der Waals surface area (Å²) in [4.78, 5) is 2.14. The molecule has 0 saturated heterocycles. The maximum Gasteiger partial charge on any atom is 0.148 e. The standard InChI is InChI=1S/C16H27FN2O/c1-6-12(7-2)19(10-11(3)4)15-9-16(20-5)14(18)8-13(15)17/h8-9,11-12H,6-7,10,18H2,1-5H3. The Balaban J connectivity index is 3.25. The van der Waals surface area contributed by atoms with E-state index in [1.165, 1.54) is 6.07 Å². The first-order valence-electron chi connectivity index (χ1n) is 7.34. The van der Waals surface area contributed by atoms with Gasteiger partial charge in [-0.05, 0) is 18.8 Å². The molecule has 0 spiro atoms. The molecule has 0 aromatic heterocycles. The van der Waals surface area contributed by atoms with E-state index in [1.807, 2.05) is 0 Å². The van der Waals surface area contributed by atoms with Crippen molar-refractivity contribution in [1.29, 1.82) is 0 Å². The quantitative estimate of drug-likeness (QED) is 0.766. The summed E-state index contributed by atoms with van der Waals surface area (Å²) in [7, 11) is 1.55. The van der Waals surface area contributed by atoms with E-state index >= 15 is 0 Å². The predicted octanol–water partition coefficient (Wildman–Crippen LogP) is 4.07. The molecule has 0 atom stereocenters. The van der Waals surface area contributed by atoms with Gasteiger partial charge in [-0.1, -0.05) is 27.7 Å². The number of nitrogens with two attached hydrogens (primary N) is 1. The fraction of sp³-hybridized carbons (Fsp3) is 0.625. The van der Waals surface area contributed by atoms with Crippen molar-refractivity contribution in [3.63, 3.8) is 0 Å². The number of halogens is 1. The second-order valence-corrected chi connectivity index (χ2v) is 5.56. The topological polar surface area (TPSA) is 38.5 Å². The van der Waals surface area contributed by atoms with Crippen molar-refractivity contribution >= 4 is 11.4 Å². The van der Waals surface area contributed by atoms with Crippen LogP contribution in [0, 0.1) is 11.7 Å². The summed E-state index contributed by atoms with van der Waals surface area (Å²) in [5.74, 6) is 0.704. The van der Waals surface area contributed by atoms with Crippen LogP contribution in [0.4, 0.5) is 15.8 Å². The van der Waals surface area contributed by atoms with E-state index in [0.29, 0.717) is 29.1 Å². The normalized spacial score (nSPS) is 11.2. The van der Waals surface area contributed by atoms with E-state index in [4.69, 9.17) is 10.5 Å². The van der Waals surface area contributed by atoms with Gasteiger partial charge in [0.15, 0.2) is 0 Å². The average molecular weight is 282 g/mol. The average Bonchev–Trinajstić information content (AvgIpc) is 2.39. The lowest BCUT2D eigenvalue weighted by Gasteiger charge is -2.34. The highest BCUT2D eigenvalue weighted by Gasteiger charge is 2.21. The van der Waals surface area contributed by atoms with Gasteiger partial charge in [-0.15, -0.1) is 0 Å². The number of ether oxygens (including phenoxy) is 1. The van der Waals surface area contributed by atoms with Gasteiger partial charge in [0, 0.05) is 24.7 Å². The van der Waals surface area contributed by atoms with Crippen molar-refractivity contribution in [2.75, 3.05) is 24.3 Å². The van der Waals surface area contributed by atoms with Crippen LogP contribution in [0.1, 0.15) is 40.5 Å². The Morgan fingerprint density at radius 3 is 2.30 bits per heavy atom. The third-order valence-electron chi connectivity index (χ3n) is 3.55. The minimum Gasteiger partial charge on any atom is -0.495 e. The largest absolute Gasteiger partial charge is 0.495 e. The van der Waals surface area contributed by atoms with Crippen LogP contribution >= 0.6 is 0 Å². The third kappa shape index (κ3) is 3.78. The molecule has 0 radical (unpaired) electrons. The van der Waals surface area contributed by atoms with Gasteiger partial charge in [0.1, 0.15) is 11.6 Å². The number of hydrogen-bond acceptors (Lipinski definition) is 3. The van der Waals surface area contributed by atoms with Gasteiger partial charge in [-0.25, -0.2) is 4.39 Å². The van der Waals surface area contributed by atoms with Crippen LogP contribution in [0.2, 0.25) is 0 Å². The van der Waals surface area contributed by atoms with Gasteiger partial charge in [0.05, 0.1) is 18.5 Å². The summed E-state index contributed by atoms with van der Waals surface area (Å²) in [6, 6.07) is 3.38. The molecule has 0 aliphatic rings. The van der Waals surface area contributed by atoms with E-state index in [-0.39, 0.29) is 5.82 Å². The molecule has 114 valence electrons. The number of hydrogen-bond donors (Lipinski definition) is 1. The van der Waals surface area contributed by atoms with Gasteiger partial charge in [0.25, 0.3) is 0 Å². The first-order valence-corrected chi connectivity index (χ1v) is 7.34. The van der Waals surface area contributed by atoms with Crippen LogP contribution in [0.25, 0.3) is 0 Å². The van der Waals surface area contributed by atoms with Crippen LogP contribution in [-0.2, 0) is 0 Å².